The summed E-state index contributed by atoms with van der Waals surface area (Å²) in [5.74, 6) is 1.67. The molecule has 1 aliphatic rings. The zero-order valence-corrected chi connectivity index (χ0v) is 7.71. The van der Waals surface area contributed by atoms with Crippen molar-refractivity contribution in [3.8, 4) is 0 Å². The molecule has 2 atom stereocenters. The van der Waals surface area contributed by atoms with Crippen molar-refractivity contribution in [1.82, 2.24) is 4.90 Å². The van der Waals surface area contributed by atoms with Gasteiger partial charge in [-0.2, -0.15) is 0 Å². The first-order chi connectivity index (χ1) is 5.24. The number of rotatable bonds is 3. The maximum atomic E-state index is 5.68. The summed E-state index contributed by atoms with van der Waals surface area (Å²) in [7, 11) is 4.29. The molecular formula is C9H20N2. The lowest BCUT2D eigenvalue weighted by atomic mass is 9.96. The molecule has 2 heteroatoms. The molecule has 2 unspecified atom stereocenters. The fourth-order valence-corrected chi connectivity index (χ4v) is 2.13. The first kappa shape index (κ1) is 9.01. The van der Waals surface area contributed by atoms with Crippen molar-refractivity contribution >= 4 is 0 Å². The number of nitrogens with zero attached hydrogens (tertiary/aromatic N) is 1. The molecule has 0 amide bonds. The Morgan fingerprint density at radius 2 is 1.91 bits per heavy atom. The van der Waals surface area contributed by atoms with E-state index in [9.17, 15) is 0 Å². The van der Waals surface area contributed by atoms with Crippen LogP contribution in [0.1, 0.15) is 19.3 Å². The summed E-state index contributed by atoms with van der Waals surface area (Å²) >= 11 is 0. The van der Waals surface area contributed by atoms with Crippen LogP contribution in [0.4, 0.5) is 0 Å². The van der Waals surface area contributed by atoms with Gasteiger partial charge in [-0.05, 0) is 45.3 Å². The molecule has 0 aromatic heterocycles. The maximum Gasteiger partial charge on any atom is 0.000668 e. The molecular weight excluding hydrogens is 136 g/mol. The lowest BCUT2D eigenvalue weighted by molar-refractivity contribution is 0.278. The van der Waals surface area contributed by atoms with Crippen molar-refractivity contribution in [2.24, 2.45) is 17.6 Å². The summed E-state index contributed by atoms with van der Waals surface area (Å²) in [5, 5.41) is 0. The molecule has 0 aromatic rings. The van der Waals surface area contributed by atoms with Crippen molar-refractivity contribution in [2.75, 3.05) is 27.2 Å². The Morgan fingerprint density at radius 1 is 1.27 bits per heavy atom. The Bertz CT molecular complexity index is 112. The van der Waals surface area contributed by atoms with Gasteiger partial charge in [-0.25, -0.2) is 0 Å². The highest BCUT2D eigenvalue weighted by Gasteiger charge is 2.25. The van der Waals surface area contributed by atoms with Crippen LogP contribution in [-0.4, -0.2) is 32.1 Å². The molecule has 0 heterocycles. The first-order valence-electron chi connectivity index (χ1n) is 4.59. The molecule has 0 spiro atoms. The van der Waals surface area contributed by atoms with E-state index in [1.165, 1.54) is 25.8 Å². The van der Waals surface area contributed by atoms with Gasteiger partial charge in [0.1, 0.15) is 0 Å². The molecule has 1 fully saturated rings. The van der Waals surface area contributed by atoms with Gasteiger partial charge in [0, 0.05) is 6.54 Å². The fraction of sp³-hybridized carbons (Fsp3) is 1.00. The molecule has 2 N–H and O–H groups in total. The molecule has 0 aromatic carbocycles. The Labute approximate surface area is 69.8 Å². The van der Waals surface area contributed by atoms with E-state index in [2.05, 4.69) is 19.0 Å². The Hall–Kier alpha value is -0.0800. The van der Waals surface area contributed by atoms with Gasteiger partial charge in [-0.1, -0.05) is 6.42 Å². The SMILES string of the molecule is CN(C)CC1CCCC1CN. The molecule has 0 aliphatic heterocycles. The van der Waals surface area contributed by atoms with Crippen molar-refractivity contribution in [2.45, 2.75) is 19.3 Å². The maximum absolute atomic E-state index is 5.68. The summed E-state index contributed by atoms with van der Waals surface area (Å²) in [4.78, 5) is 2.28. The summed E-state index contributed by atoms with van der Waals surface area (Å²) in [6.07, 6.45) is 4.13. The Kier molecular flexibility index (Phi) is 3.34. The average Bonchev–Trinajstić information content (AvgIpc) is 2.34. The van der Waals surface area contributed by atoms with Crippen LogP contribution in [0.15, 0.2) is 0 Å². The topological polar surface area (TPSA) is 29.3 Å². The van der Waals surface area contributed by atoms with Gasteiger partial charge < -0.3 is 10.6 Å². The van der Waals surface area contributed by atoms with Gasteiger partial charge in [0.15, 0.2) is 0 Å². The van der Waals surface area contributed by atoms with Crippen LogP contribution < -0.4 is 5.73 Å². The summed E-state index contributed by atoms with van der Waals surface area (Å²) in [6.45, 7) is 2.11. The van der Waals surface area contributed by atoms with Crippen LogP contribution in [0.25, 0.3) is 0 Å². The Morgan fingerprint density at radius 3 is 2.45 bits per heavy atom. The highest BCUT2D eigenvalue weighted by Crippen LogP contribution is 2.30. The highest BCUT2D eigenvalue weighted by atomic mass is 15.1. The van der Waals surface area contributed by atoms with Crippen LogP contribution in [0.3, 0.4) is 0 Å². The van der Waals surface area contributed by atoms with Crippen LogP contribution in [0.5, 0.6) is 0 Å². The van der Waals surface area contributed by atoms with E-state index in [1.54, 1.807) is 0 Å². The molecule has 11 heavy (non-hydrogen) atoms. The van der Waals surface area contributed by atoms with Gasteiger partial charge in [-0.15, -0.1) is 0 Å². The Balaban J connectivity index is 2.31. The van der Waals surface area contributed by atoms with Crippen LogP contribution >= 0.6 is 0 Å². The normalized spacial score (nSPS) is 31.6. The summed E-state index contributed by atoms with van der Waals surface area (Å²) in [6, 6.07) is 0. The van der Waals surface area contributed by atoms with Gasteiger partial charge in [0.05, 0.1) is 0 Å². The standard InChI is InChI=1S/C9H20N2/c1-11(2)7-9-5-3-4-8(9)6-10/h8-9H,3-7,10H2,1-2H3. The largest absolute Gasteiger partial charge is 0.330 e. The third-order valence-electron chi connectivity index (χ3n) is 2.72. The van der Waals surface area contributed by atoms with Gasteiger partial charge in [0.2, 0.25) is 0 Å². The van der Waals surface area contributed by atoms with Crippen molar-refractivity contribution < 1.29 is 0 Å². The minimum atomic E-state index is 0.803. The first-order valence-corrected chi connectivity index (χ1v) is 4.59. The van der Waals surface area contributed by atoms with Crippen LogP contribution in [0.2, 0.25) is 0 Å². The van der Waals surface area contributed by atoms with E-state index in [4.69, 9.17) is 5.73 Å². The predicted octanol–water partition coefficient (Wildman–Crippen LogP) is 0.923. The zero-order valence-electron chi connectivity index (χ0n) is 7.71. The number of hydrogen-bond donors (Lipinski definition) is 1. The monoisotopic (exact) mass is 156 g/mol. The van der Waals surface area contributed by atoms with Gasteiger partial charge >= 0.3 is 0 Å². The van der Waals surface area contributed by atoms with Crippen molar-refractivity contribution in [3.05, 3.63) is 0 Å². The lowest BCUT2D eigenvalue weighted by Gasteiger charge is -2.21. The average molecular weight is 156 g/mol. The highest BCUT2D eigenvalue weighted by molar-refractivity contribution is 4.79. The smallest absolute Gasteiger partial charge is 0.000668 e. The number of hydrogen-bond acceptors (Lipinski definition) is 2. The molecule has 0 radical (unpaired) electrons. The molecule has 2 nitrogen and oxygen atoms in total. The van der Waals surface area contributed by atoms with Crippen molar-refractivity contribution in [3.63, 3.8) is 0 Å². The van der Waals surface area contributed by atoms with Gasteiger partial charge in [0.25, 0.3) is 0 Å². The minimum absolute atomic E-state index is 0.803. The van der Waals surface area contributed by atoms with E-state index in [0.717, 1.165) is 18.4 Å². The predicted molar refractivity (Wildman–Crippen MR) is 48.4 cm³/mol. The van der Waals surface area contributed by atoms with E-state index in [0.29, 0.717) is 0 Å². The lowest BCUT2D eigenvalue weighted by Crippen LogP contribution is -2.28. The third kappa shape index (κ3) is 2.46. The summed E-state index contributed by atoms with van der Waals surface area (Å²) < 4.78 is 0. The zero-order chi connectivity index (χ0) is 8.27. The minimum Gasteiger partial charge on any atom is -0.330 e. The molecule has 0 saturated heterocycles. The molecule has 66 valence electrons. The molecule has 1 rings (SSSR count). The third-order valence-corrected chi connectivity index (χ3v) is 2.72. The molecule has 1 saturated carbocycles. The van der Waals surface area contributed by atoms with E-state index < -0.39 is 0 Å². The van der Waals surface area contributed by atoms with Crippen LogP contribution in [-0.2, 0) is 0 Å². The van der Waals surface area contributed by atoms with E-state index >= 15 is 0 Å². The molecule has 0 bridgehead atoms. The molecule has 1 aliphatic carbocycles. The second kappa shape index (κ2) is 4.07. The van der Waals surface area contributed by atoms with Gasteiger partial charge in [-0.3, -0.25) is 0 Å². The van der Waals surface area contributed by atoms with Crippen molar-refractivity contribution in [1.29, 1.82) is 0 Å². The van der Waals surface area contributed by atoms with E-state index in [-0.39, 0.29) is 0 Å². The van der Waals surface area contributed by atoms with E-state index in [1.807, 2.05) is 0 Å². The van der Waals surface area contributed by atoms with Crippen LogP contribution in [0, 0.1) is 11.8 Å². The second-order valence-corrected chi connectivity index (χ2v) is 3.95. The second-order valence-electron chi connectivity index (χ2n) is 3.95. The fourth-order valence-electron chi connectivity index (χ4n) is 2.13. The quantitative estimate of drug-likeness (QED) is 0.658. The summed E-state index contributed by atoms with van der Waals surface area (Å²) in [5.41, 5.74) is 5.68. The number of nitrogens with two attached hydrogens (primary N) is 1.